The highest BCUT2D eigenvalue weighted by atomic mass is 19.1. The number of fused-ring (bicyclic) bond motifs is 1. The molecule has 0 fully saturated rings. The van der Waals surface area contributed by atoms with Gasteiger partial charge in [0.05, 0.1) is 5.60 Å². The summed E-state index contributed by atoms with van der Waals surface area (Å²) in [5.41, 5.74) is 1.78. The van der Waals surface area contributed by atoms with Crippen LogP contribution in [0, 0.1) is 5.82 Å². The van der Waals surface area contributed by atoms with Crippen LogP contribution >= 0.6 is 0 Å². The molecule has 0 amide bonds. The lowest BCUT2D eigenvalue weighted by molar-refractivity contribution is -0.143. The highest BCUT2D eigenvalue weighted by Crippen LogP contribution is 2.52. The summed E-state index contributed by atoms with van der Waals surface area (Å²) < 4.78 is 20.2. The summed E-state index contributed by atoms with van der Waals surface area (Å²) in [7, 11) is 1.79. The number of aliphatic carboxylic acids is 1. The zero-order valence-corrected chi connectivity index (χ0v) is 16.2. The summed E-state index contributed by atoms with van der Waals surface area (Å²) in [5.74, 6) is -1.16. The second kappa shape index (κ2) is 7.06. The van der Waals surface area contributed by atoms with Crippen LogP contribution in [0.15, 0.2) is 48.5 Å². The van der Waals surface area contributed by atoms with Crippen molar-refractivity contribution in [2.75, 3.05) is 13.6 Å². The summed E-state index contributed by atoms with van der Waals surface area (Å²) in [5, 5.41) is 9.28. The summed E-state index contributed by atoms with van der Waals surface area (Å²) in [6.07, 6.45) is 0.563. The van der Waals surface area contributed by atoms with E-state index in [-0.39, 0.29) is 5.82 Å². The Labute approximate surface area is 159 Å². The van der Waals surface area contributed by atoms with Crippen LogP contribution in [0.4, 0.5) is 4.39 Å². The third-order valence-electron chi connectivity index (χ3n) is 5.59. The number of hydrogen-bond acceptors (Lipinski definition) is 3. The SMILES string of the molecule is CC(C(=O)O)N(C)CCC1(c2ccc(F)cc2)OC(C)(C)c2ccccc21. The fourth-order valence-corrected chi connectivity index (χ4v) is 3.89. The fraction of sp³-hybridized carbons (Fsp3) is 0.409. The molecule has 1 aliphatic rings. The van der Waals surface area contributed by atoms with E-state index < -0.39 is 23.2 Å². The van der Waals surface area contributed by atoms with Gasteiger partial charge in [-0.1, -0.05) is 36.4 Å². The van der Waals surface area contributed by atoms with E-state index in [1.807, 2.05) is 32.0 Å². The fourth-order valence-electron chi connectivity index (χ4n) is 3.89. The van der Waals surface area contributed by atoms with Crippen LogP contribution in [0.1, 0.15) is 43.9 Å². The summed E-state index contributed by atoms with van der Waals surface area (Å²) in [4.78, 5) is 13.1. The molecule has 1 aliphatic heterocycles. The first-order chi connectivity index (χ1) is 12.7. The maximum Gasteiger partial charge on any atom is 0.320 e. The van der Waals surface area contributed by atoms with E-state index in [1.165, 1.54) is 12.1 Å². The quantitative estimate of drug-likeness (QED) is 0.830. The molecule has 2 unspecified atom stereocenters. The summed E-state index contributed by atoms with van der Waals surface area (Å²) >= 11 is 0. The predicted molar refractivity (Wildman–Crippen MR) is 102 cm³/mol. The molecule has 1 heterocycles. The number of nitrogens with zero attached hydrogens (tertiary/aromatic N) is 1. The van der Waals surface area contributed by atoms with E-state index in [2.05, 4.69) is 6.07 Å². The molecule has 0 radical (unpaired) electrons. The van der Waals surface area contributed by atoms with Gasteiger partial charge in [0.25, 0.3) is 0 Å². The highest BCUT2D eigenvalue weighted by molar-refractivity contribution is 5.72. The predicted octanol–water partition coefficient (Wildman–Crippen LogP) is 4.13. The molecule has 2 aromatic carbocycles. The number of carbonyl (C=O) groups is 1. The van der Waals surface area contributed by atoms with Gasteiger partial charge in [-0.2, -0.15) is 0 Å². The van der Waals surface area contributed by atoms with Crippen molar-refractivity contribution in [3.8, 4) is 0 Å². The lowest BCUT2D eigenvalue weighted by Crippen LogP contribution is -2.40. The third-order valence-corrected chi connectivity index (χ3v) is 5.59. The molecule has 0 aromatic heterocycles. The molecule has 144 valence electrons. The minimum atomic E-state index is -0.860. The molecule has 4 nitrogen and oxygen atoms in total. The van der Waals surface area contributed by atoms with Crippen molar-refractivity contribution in [2.45, 2.75) is 44.4 Å². The largest absolute Gasteiger partial charge is 0.480 e. The van der Waals surface area contributed by atoms with Crippen molar-refractivity contribution in [3.05, 3.63) is 71.0 Å². The molecule has 1 N–H and O–H groups in total. The van der Waals surface area contributed by atoms with Gasteiger partial charge in [-0.25, -0.2) is 4.39 Å². The van der Waals surface area contributed by atoms with E-state index in [9.17, 15) is 14.3 Å². The maximum absolute atomic E-state index is 13.5. The Hall–Kier alpha value is -2.24. The minimum absolute atomic E-state index is 0.295. The third kappa shape index (κ3) is 3.49. The van der Waals surface area contributed by atoms with Gasteiger partial charge in [0.1, 0.15) is 17.5 Å². The maximum atomic E-state index is 13.5. The van der Waals surface area contributed by atoms with E-state index in [0.29, 0.717) is 13.0 Å². The van der Waals surface area contributed by atoms with Crippen molar-refractivity contribution in [1.82, 2.24) is 4.90 Å². The smallest absolute Gasteiger partial charge is 0.320 e. The van der Waals surface area contributed by atoms with Crippen LogP contribution in [0.3, 0.4) is 0 Å². The van der Waals surface area contributed by atoms with E-state index >= 15 is 0 Å². The zero-order chi connectivity index (χ0) is 19.8. The molecule has 0 bridgehead atoms. The number of carboxylic acids is 1. The van der Waals surface area contributed by atoms with Gasteiger partial charge in [-0.15, -0.1) is 0 Å². The second-order valence-electron chi connectivity index (χ2n) is 7.74. The van der Waals surface area contributed by atoms with Crippen LogP contribution < -0.4 is 0 Å². The van der Waals surface area contributed by atoms with Gasteiger partial charge in [0.15, 0.2) is 0 Å². The highest BCUT2D eigenvalue weighted by Gasteiger charge is 2.49. The lowest BCUT2D eigenvalue weighted by Gasteiger charge is -2.35. The van der Waals surface area contributed by atoms with Gasteiger partial charge in [-0.3, -0.25) is 9.69 Å². The van der Waals surface area contributed by atoms with Crippen LogP contribution in [0.5, 0.6) is 0 Å². The number of halogens is 1. The monoisotopic (exact) mass is 371 g/mol. The van der Waals surface area contributed by atoms with Gasteiger partial charge < -0.3 is 9.84 Å². The first-order valence-electron chi connectivity index (χ1n) is 9.16. The van der Waals surface area contributed by atoms with Crippen LogP contribution in [0.25, 0.3) is 0 Å². The molecule has 27 heavy (non-hydrogen) atoms. The molecule has 0 saturated heterocycles. The van der Waals surface area contributed by atoms with Crippen LogP contribution in [0.2, 0.25) is 0 Å². The van der Waals surface area contributed by atoms with E-state index in [1.54, 1.807) is 31.0 Å². The van der Waals surface area contributed by atoms with Gasteiger partial charge in [0, 0.05) is 6.54 Å². The zero-order valence-electron chi connectivity index (χ0n) is 16.2. The molecule has 0 spiro atoms. The minimum Gasteiger partial charge on any atom is -0.480 e. The average Bonchev–Trinajstić information content (AvgIpc) is 2.88. The Kier molecular flexibility index (Phi) is 5.10. The topological polar surface area (TPSA) is 49.8 Å². The summed E-state index contributed by atoms with van der Waals surface area (Å²) in [6, 6.07) is 13.9. The van der Waals surface area contributed by atoms with Crippen molar-refractivity contribution in [3.63, 3.8) is 0 Å². The van der Waals surface area contributed by atoms with Crippen molar-refractivity contribution in [1.29, 1.82) is 0 Å². The molecule has 2 aromatic rings. The van der Waals surface area contributed by atoms with E-state index in [0.717, 1.165) is 16.7 Å². The Morgan fingerprint density at radius 3 is 2.33 bits per heavy atom. The molecular weight excluding hydrogens is 345 g/mol. The van der Waals surface area contributed by atoms with Crippen LogP contribution in [-0.4, -0.2) is 35.6 Å². The normalized spacial score (nSPS) is 21.9. The lowest BCUT2D eigenvalue weighted by atomic mass is 9.81. The average molecular weight is 371 g/mol. The first kappa shape index (κ1) is 19.5. The van der Waals surface area contributed by atoms with Crippen molar-refractivity contribution in [2.24, 2.45) is 0 Å². The second-order valence-corrected chi connectivity index (χ2v) is 7.74. The number of benzene rings is 2. The van der Waals surface area contributed by atoms with Gasteiger partial charge >= 0.3 is 5.97 Å². The molecule has 5 heteroatoms. The van der Waals surface area contributed by atoms with Gasteiger partial charge in [0.2, 0.25) is 0 Å². The molecule has 0 aliphatic carbocycles. The Morgan fingerprint density at radius 2 is 1.74 bits per heavy atom. The Balaban J connectivity index is 2.04. The standard InChI is InChI=1S/C22H26FNO3/c1-15(20(25)26)24(4)14-13-22(16-9-11-17(23)12-10-16)19-8-6-5-7-18(19)21(2,3)27-22/h5-12,15H,13-14H2,1-4H3,(H,25,26). The molecule has 0 saturated carbocycles. The molecule has 3 rings (SSSR count). The number of ether oxygens (including phenoxy) is 1. The van der Waals surface area contributed by atoms with Gasteiger partial charge in [-0.05, 0) is 63.1 Å². The molecule has 2 atom stereocenters. The van der Waals surface area contributed by atoms with Crippen LogP contribution in [-0.2, 0) is 20.7 Å². The summed E-state index contributed by atoms with van der Waals surface area (Å²) in [6.45, 7) is 6.25. The van der Waals surface area contributed by atoms with Crippen molar-refractivity contribution >= 4 is 5.97 Å². The van der Waals surface area contributed by atoms with E-state index in [4.69, 9.17) is 4.74 Å². The number of hydrogen-bond donors (Lipinski definition) is 1. The molecular formula is C22H26FNO3. The number of carboxylic acid groups (broad SMARTS) is 1. The number of likely N-dealkylation sites (N-methyl/N-ethyl adjacent to an activating group) is 1. The Morgan fingerprint density at radius 1 is 1.15 bits per heavy atom. The first-order valence-corrected chi connectivity index (χ1v) is 9.16. The number of rotatable bonds is 6. The van der Waals surface area contributed by atoms with Crippen molar-refractivity contribution < 1.29 is 19.0 Å². The Bertz CT molecular complexity index is 834.